The predicted octanol–water partition coefficient (Wildman–Crippen LogP) is 2.31. The molecule has 0 saturated carbocycles. The molecule has 31 heavy (non-hydrogen) atoms. The second-order valence-electron chi connectivity index (χ2n) is 8.39. The maximum absolute atomic E-state index is 13.2. The largest absolute Gasteiger partial charge is 0.372 e. The number of aromatic nitrogens is 3. The van der Waals surface area contributed by atoms with Crippen LogP contribution >= 0.6 is 0 Å². The lowest BCUT2D eigenvalue weighted by atomic mass is 10.2. The summed E-state index contributed by atoms with van der Waals surface area (Å²) in [5.41, 5.74) is 1.80. The lowest BCUT2D eigenvalue weighted by Gasteiger charge is -2.36. The lowest BCUT2D eigenvalue weighted by molar-refractivity contribution is -0.0586. The van der Waals surface area contributed by atoms with Gasteiger partial charge in [0, 0.05) is 63.4 Å². The van der Waals surface area contributed by atoms with E-state index in [2.05, 4.69) is 36.3 Å². The molecule has 0 bridgehead atoms. The zero-order valence-corrected chi connectivity index (χ0v) is 18.0. The summed E-state index contributed by atoms with van der Waals surface area (Å²) in [5.74, 6) is 1.96. The summed E-state index contributed by atoms with van der Waals surface area (Å²) in [4.78, 5) is 28.4. The van der Waals surface area contributed by atoms with Crippen LogP contribution in [0.15, 0.2) is 48.9 Å². The quantitative estimate of drug-likeness (QED) is 0.648. The average Bonchev–Trinajstić information content (AvgIpc) is 3.22. The molecule has 0 unspecified atom stereocenters. The highest BCUT2D eigenvalue weighted by molar-refractivity contribution is 5.94. The third kappa shape index (κ3) is 3.95. The molecule has 2 aliphatic rings. The minimum atomic E-state index is 0.0588. The number of morpholine rings is 1. The molecule has 0 N–H and O–H groups in total. The van der Waals surface area contributed by atoms with Crippen molar-refractivity contribution < 1.29 is 9.53 Å². The molecule has 2 fully saturated rings. The molecule has 3 aromatic rings. The van der Waals surface area contributed by atoms with Gasteiger partial charge in [-0.1, -0.05) is 0 Å². The molecule has 0 aromatic carbocycles. The number of anilines is 2. The van der Waals surface area contributed by atoms with Crippen molar-refractivity contribution in [3.8, 4) is 0 Å². The Kier molecular flexibility index (Phi) is 5.23. The number of rotatable bonds is 3. The first-order valence-electron chi connectivity index (χ1n) is 10.9. The number of amides is 1. The van der Waals surface area contributed by atoms with E-state index >= 15 is 0 Å². The number of piperazine rings is 1. The van der Waals surface area contributed by atoms with Gasteiger partial charge in [-0.15, -0.1) is 0 Å². The van der Waals surface area contributed by atoms with Gasteiger partial charge in [0.25, 0.3) is 5.91 Å². The Morgan fingerprint density at radius 2 is 1.58 bits per heavy atom. The van der Waals surface area contributed by atoms with Gasteiger partial charge in [0.05, 0.1) is 17.8 Å². The van der Waals surface area contributed by atoms with Crippen molar-refractivity contribution in [2.24, 2.45) is 0 Å². The van der Waals surface area contributed by atoms with Crippen LogP contribution in [0.5, 0.6) is 0 Å². The highest BCUT2D eigenvalue weighted by atomic mass is 16.5. The maximum Gasteiger partial charge on any atom is 0.255 e. The van der Waals surface area contributed by atoms with E-state index < -0.39 is 0 Å². The highest BCUT2D eigenvalue weighted by Gasteiger charge is 2.27. The number of carbonyl (C=O) groups is 1. The molecule has 2 atom stereocenters. The van der Waals surface area contributed by atoms with E-state index in [1.165, 1.54) is 0 Å². The van der Waals surface area contributed by atoms with Crippen LogP contribution in [0.3, 0.4) is 0 Å². The van der Waals surface area contributed by atoms with Gasteiger partial charge in [0.15, 0.2) is 0 Å². The summed E-state index contributed by atoms with van der Waals surface area (Å²) < 4.78 is 7.91. The van der Waals surface area contributed by atoms with Crippen molar-refractivity contribution in [1.29, 1.82) is 0 Å². The van der Waals surface area contributed by atoms with E-state index in [4.69, 9.17) is 4.74 Å². The molecule has 2 aliphatic heterocycles. The first-order chi connectivity index (χ1) is 15.1. The molecule has 0 radical (unpaired) electrons. The monoisotopic (exact) mass is 420 g/mol. The fourth-order valence-electron chi connectivity index (χ4n) is 4.59. The highest BCUT2D eigenvalue weighted by Crippen LogP contribution is 2.23. The fraction of sp³-hybridized carbons (Fsp3) is 0.435. The van der Waals surface area contributed by atoms with E-state index in [0.29, 0.717) is 18.7 Å². The number of hydrogen-bond acceptors (Lipinski definition) is 6. The van der Waals surface area contributed by atoms with Crippen LogP contribution in [0.1, 0.15) is 24.2 Å². The maximum atomic E-state index is 13.2. The molecular weight excluding hydrogens is 392 g/mol. The molecule has 3 aromatic heterocycles. The molecular formula is C23H28N6O2. The summed E-state index contributed by atoms with van der Waals surface area (Å²) in [6.07, 6.45) is 5.66. The van der Waals surface area contributed by atoms with Gasteiger partial charge in [-0.3, -0.25) is 4.79 Å². The number of fused-ring (bicyclic) bond motifs is 1. The van der Waals surface area contributed by atoms with E-state index in [0.717, 1.165) is 43.5 Å². The third-order valence-corrected chi connectivity index (χ3v) is 6.02. The Morgan fingerprint density at radius 3 is 2.29 bits per heavy atom. The molecule has 0 aliphatic carbocycles. The molecule has 2 saturated heterocycles. The van der Waals surface area contributed by atoms with Crippen molar-refractivity contribution in [1.82, 2.24) is 19.3 Å². The summed E-state index contributed by atoms with van der Waals surface area (Å²) in [7, 11) is 0. The standard InChI is InChI=1S/C23H28N6O2/c1-17-14-28(15-18(2)31-17)22(30)19-4-5-20-6-7-21(29(20)16-19)26-10-12-27(13-11-26)23-24-8-3-9-25-23/h3-9,16-18H,10-15H2,1-2H3/t17-,18-/m1/s1. The molecule has 5 rings (SSSR count). The van der Waals surface area contributed by atoms with Crippen LogP contribution in [0.2, 0.25) is 0 Å². The predicted molar refractivity (Wildman–Crippen MR) is 120 cm³/mol. The number of hydrogen-bond donors (Lipinski definition) is 0. The molecule has 162 valence electrons. The molecule has 0 spiro atoms. The Balaban J connectivity index is 1.34. The summed E-state index contributed by atoms with van der Waals surface area (Å²) in [6.45, 7) is 8.76. The van der Waals surface area contributed by atoms with Crippen LogP contribution < -0.4 is 9.80 Å². The van der Waals surface area contributed by atoms with Crippen molar-refractivity contribution >= 4 is 23.2 Å². The van der Waals surface area contributed by atoms with Gasteiger partial charge in [-0.25, -0.2) is 9.97 Å². The normalized spacial score (nSPS) is 22.2. The summed E-state index contributed by atoms with van der Waals surface area (Å²) in [5, 5.41) is 0. The Hall–Kier alpha value is -3.13. The Labute approximate surface area is 182 Å². The number of nitrogens with zero attached hydrogens (tertiary/aromatic N) is 6. The first-order valence-corrected chi connectivity index (χ1v) is 10.9. The van der Waals surface area contributed by atoms with Crippen LogP contribution in [0.4, 0.5) is 11.8 Å². The summed E-state index contributed by atoms with van der Waals surface area (Å²) in [6, 6.07) is 10.0. The molecule has 8 nitrogen and oxygen atoms in total. The van der Waals surface area contributed by atoms with Crippen LogP contribution in [-0.2, 0) is 4.74 Å². The zero-order valence-electron chi connectivity index (χ0n) is 18.0. The minimum Gasteiger partial charge on any atom is -0.372 e. The lowest BCUT2D eigenvalue weighted by Crippen LogP contribution is -2.48. The van der Waals surface area contributed by atoms with Gasteiger partial charge in [0.1, 0.15) is 5.82 Å². The van der Waals surface area contributed by atoms with Crippen molar-refractivity contribution in [2.75, 3.05) is 49.1 Å². The zero-order chi connectivity index (χ0) is 21.4. The van der Waals surface area contributed by atoms with Crippen molar-refractivity contribution in [2.45, 2.75) is 26.1 Å². The first kappa shape index (κ1) is 19.8. The number of ether oxygens (including phenoxy) is 1. The van der Waals surface area contributed by atoms with Gasteiger partial charge >= 0.3 is 0 Å². The Morgan fingerprint density at radius 1 is 0.935 bits per heavy atom. The third-order valence-electron chi connectivity index (χ3n) is 6.02. The Bertz CT molecular complexity index is 1050. The molecule has 5 heterocycles. The van der Waals surface area contributed by atoms with Gasteiger partial charge in [-0.05, 0) is 44.2 Å². The van der Waals surface area contributed by atoms with Gasteiger partial charge < -0.3 is 23.8 Å². The van der Waals surface area contributed by atoms with Crippen LogP contribution in [0, 0.1) is 0 Å². The minimum absolute atomic E-state index is 0.0588. The molecule has 8 heteroatoms. The van der Waals surface area contributed by atoms with E-state index in [1.807, 2.05) is 43.1 Å². The SMILES string of the molecule is C[C@@H]1CN(C(=O)c2ccc3ccc(N4CCN(c5ncccn5)CC4)n3c2)C[C@@H](C)O1. The second kappa shape index (κ2) is 8.19. The summed E-state index contributed by atoms with van der Waals surface area (Å²) >= 11 is 0. The number of carbonyl (C=O) groups excluding carboxylic acids is 1. The number of pyridine rings is 1. The molecule has 1 amide bonds. The van der Waals surface area contributed by atoms with E-state index in [9.17, 15) is 4.79 Å². The smallest absolute Gasteiger partial charge is 0.255 e. The van der Waals surface area contributed by atoms with Crippen molar-refractivity contribution in [3.05, 3.63) is 54.5 Å². The van der Waals surface area contributed by atoms with E-state index in [-0.39, 0.29) is 18.1 Å². The fourth-order valence-corrected chi connectivity index (χ4v) is 4.59. The topological polar surface area (TPSA) is 66.2 Å². The van der Waals surface area contributed by atoms with Crippen molar-refractivity contribution in [3.63, 3.8) is 0 Å². The van der Waals surface area contributed by atoms with Crippen LogP contribution in [0.25, 0.3) is 5.52 Å². The van der Waals surface area contributed by atoms with Gasteiger partial charge in [0.2, 0.25) is 5.95 Å². The second-order valence-corrected chi connectivity index (χ2v) is 8.39. The van der Waals surface area contributed by atoms with E-state index in [1.54, 1.807) is 12.4 Å². The average molecular weight is 421 g/mol. The van der Waals surface area contributed by atoms with Crippen LogP contribution in [-0.4, -0.2) is 76.7 Å². The van der Waals surface area contributed by atoms with Gasteiger partial charge in [-0.2, -0.15) is 0 Å².